The number of rotatable bonds is 1. The van der Waals surface area contributed by atoms with Gasteiger partial charge in [-0.25, -0.2) is 4.79 Å². The number of amides is 2. The van der Waals surface area contributed by atoms with Crippen LogP contribution in [0.1, 0.15) is 0 Å². The highest BCUT2D eigenvalue weighted by molar-refractivity contribution is 6.30. The van der Waals surface area contributed by atoms with Crippen LogP contribution >= 0.6 is 11.6 Å². The number of halogens is 1. The first kappa shape index (κ1) is 12.6. The van der Waals surface area contributed by atoms with Gasteiger partial charge in [-0.05, 0) is 36.4 Å². The third-order valence-corrected chi connectivity index (χ3v) is 3.19. The van der Waals surface area contributed by atoms with E-state index in [-0.39, 0.29) is 6.03 Å². The zero-order valence-corrected chi connectivity index (χ0v) is 11.3. The van der Waals surface area contributed by atoms with Gasteiger partial charge in [0.1, 0.15) is 0 Å². The summed E-state index contributed by atoms with van der Waals surface area (Å²) in [7, 11) is 0. The number of anilines is 3. The minimum atomic E-state index is -0.225. The molecule has 0 fully saturated rings. The fourth-order valence-corrected chi connectivity index (χ4v) is 2.11. The molecular weight excluding hydrogens is 274 g/mol. The highest BCUT2D eigenvalue weighted by Gasteiger charge is 2.18. The van der Waals surface area contributed by atoms with Gasteiger partial charge in [0.05, 0.1) is 11.4 Å². The maximum atomic E-state index is 12.3. The first-order valence-electron chi connectivity index (χ1n) is 6.12. The molecule has 0 unspecified atom stereocenters. The number of nitrogens with one attached hydrogen (secondary N) is 2. The summed E-state index contributed by atoms with van der Waals surface area (Å²) in [5.74, 6) is 0. The van der Waals surface area contributed by atoms with Crippen molar-refractivity contribution in [3.8, 4) is 0 Å². The van der Waals surface area contributed by atoms with E-state index >= 15 is 0 Å². The minimum Gasteiger partial charge on any atom is -0.359 e. The summed E-state index contributed by atoms with van der Waals surface area (Å²) in [4.78, 5) is 13.9. The summed E-state index contributed by atoms with van der Waals surface area (Å²) in [6.07, 6.45) is 3.41. The number of carbonyl (C=O) groups excluding carboxylic acids is 1. The second kappa shape index (κ2) is 5.27. The molecule has 3 rings (SSSR count). The molecule has 0 aliphatic carbocycles. The third-order valence-electron chi connectivity index (χ3n) is 2.94. The van der Waals surface area contributed by atoms with Crippen molar-refractivity contribution in [3.63, 3.8) is 0 Å². The summed E-state index contributed by atoms with van der Waals surface area (Å²) in [6.45, 7) is 0. The van der Waals surface area contributed by atoms with Crippen molar-refractivity contribution in [2.45, 2.75) is 0 Å². The Morgan fingerprint density at radius 2 is 1.85 bits per heavy atom. The lowest BCUT2D eigenvalue weighted by Gasteiger charge is -2.25. The molecule has 0 spiro atoms. The number of nitrogens with zero attached hydrogens (tertiary/aromatic N) is 1. The minimum absolute atomic E-state index is 0.225. The Hall–Kier alpha value is -2.46. The molecule has 0 radical (unpaired) electrons. The van der Waals surface area contributed by atoms with E-state index in [2.05, 4.69) is 10.6 Å². The summed E-state index contributed by atoms with van der Waals surface area (Å²) in [5, 5.41) is 6.56. The molecular formula is C15H12ClN3O. The van der Waals surface area contributed by atoms with Gasteiger partial charge in [-0.2, -0.15) is 0 Å². The van der Waals surface area contributed by atoms with E-state index in [0.717, 1.165) is 11.4 Å². The van der Waals surface area contributed by atoms with Gasteiger partial charge in [-0.3, -0.25) is 4.90 Å². The summed E-state index contributed by atoms with van der Waals surface area (Å²) in [6, 6.07) is 14.4. The van der Waals surface area contributed by atoms with Gasteiger partial charge in [-0.1, -0.05) is 23.7 Å². The average molecular weight is 286 g/mol. The lowest BCUT2D eigenvalue weighted by molar-refractivity contribution is 0.258. The smallest absolute Gasteiger partial charge is 0.330 e. The topological polar surface area (TPSA) is 44.4 Å². The van der Waals surface area contributed by atoms with Crippen molar-refractivity contribution < 1.29 is 4.79 Å². The third kappa shape index (κ3) is 2.46. The van der Waals surface area contributed by atoms with Crippen LogP contribution in [0.3, 0.4) is 0 Å². The van der Waals surface area contributed by atoms with Gasteiger partial charge in [0.15, 0.2) is 0 Å². The van der Waals surface area contributed by atoms with Crippen LogP contribution in [0.25, 0.3) is 0 Å². The lowest BCUT2D eigenvalue weighted by Crippen LogP contribution is -2.32. The van der Waals surface area contributed by atoms with E-state index in [4.69, 9.17) is 11.6 Å². The van der Waals surface area contributed by atoms with Crippen LogP contribution in [0, 0.1) is 0 Å². The van der Waals surface area contributed by atoms with E-state index < -0.39 is 0 Å². The Bertz CT molecular complexity index is 667. The molecule has 0 atom stereocenters. The molecule has 1 aliphatic rings. The largest absolute Gasteiger partial charge is 0.359 e. The Morgan fingerprint density at radius 1 is 1.10 bits per heavy atom. The number of carbonyl (C=O) groups is 1. The molecule has 0 saturated heterocycles. The maximum absolute atomic E-state index is 12.3. The quantitative estimate of drug-likeness (QED) is 0.821. The number of fused-ring (bicyclic) bond motifs is 1. The monoisotopic (exact) mass is 285 g/mol. The van der Waals surface area contributed by atoms with E-state index in [1.807, 2.05) is 24.3 Å². The second-order valence-corrected chi connectivity index (χ2v) is 4.72. The Kier molecular flexibility index (Phi) is 3.31. The fraction of sp³-hybridized carbons (Fsp3) is 0. The van der Waals surface area contributed by atoms with Crippen LogP contribution in [0.5, 0.6) is 0 Å². The van der Waals surface area contributed by atoms with E-state index in [0.29, 0.717) is 10.7 Å². The van der Waals surface area contributed by atoms with Gasteiger partial charge in [-0.15, -0.1) is 0 Å². The van der Waals surface area contributed by atoms with Crippen LogP contribution in [-0.4, -0.2) is 6.03 Å². The second-order valence-electron chi connectivity index (χ2n) is 4.28. The van der Waals surface area contributed by atoms with Crippen LogP contribution < -0.4 is 15.5 Å². The van der Waals surface area contributed by atoms with Crippen LogP contribution in [0.15, 0.2) is 60.9 Å². The molecule has 4 nitrogen and oxygen atoms in total. The first-order chi connectivity index (χ1) is 9.74. The molecule has 0 bridgehead atoms. The number of urea groups is 1. The molecule has 0 aromatic heterocycles. The van der Waals surface area contributed by atoms with E-state index in [9.17, 15) is 4.79 Å². The molecule has 1 heterocycles. The van der Waals surface area contributed by atoms with Crippen molar-refractivity contribution in [3.05, 3.63) is 66.0 Å². The molecule has 2 N–H and O–H groups in total. The van der Waals surface area contributed by atoms with Crippen molar-refractivity contribution >= 4 is 34.7 Å². The molecule has 2 aromatic carbocycles. The van der Waals surface area contributed by atoms with Crippen LogP contribution in [0.2, 0.25) is 5.02 Å². The van der Waals surface area contributed by atoms with Gasteiger partial charge in [0.2, 0.25) is 0 Å². The van der Waals surface area contributed by atoms with Crippen molar-refractivity contribution in [2.75, 3.05) is 15.5 Å². The van der Waals surface area contributed by atoms with Crippen LogP contribution in [0.4, 0.5) is 21.9 Å². The molecule has 100 valence electrons. The number of benzene rings is 2. The number of hydrogen-bond acceptors (Lipinski definition) is 2. The lowest BCUT2D eigenvalue weighted by atomic mass is 10.2. The predicted molar refractivity (Wildman–Crippen MR) is 82.2 cm³/mol. The van der Waals surface area contributed by atoms with Crippen molar-refractivity contribution in [1.29, 1.82) is 0 Å². The molecule has 2 amide bonds. The fourth-order valence-electron chi connectivity index (χ4n) is 1.98. The molecule has 2 aromatic rings. The Balaban J connectivity index is 1.82. The standard InChI is InChI=1S/C15H12ClN3O/c16-11-5-7-12(8-6-11)18-15(20)19-10-9-17-13-3-1-2-4-14(13)19/h1-10,17H,(H,18,20). The Morgan fingerprint density at radius 3 is 2.65 bits per heavy atom. The van der Waals surface area contributed by atoms with Gasteiger partial charge in [0, 0.05) is 23.1 Å². The van der Waals surface area contributed by atoms with E-state index in [1.54, 1.807) is 41.6 Å². The van der Waals surface area contributed by atoms with Crippen LogP contribution in [-0.2, 0) is 0 Å². The normalized spacial score (nSPS) is 12.6. The zero-order valence-electron chi connectivity index (χ0n) is 10.5. The summed E-state index contributed by atoms with van der Waals surface area (Å²) < 4.78 is 0. The van der Waals surface area contributed by atoms with Crippen molar-refractivity contribution in [2.24, 2.45) is 0 Å². The molecule has 1 aliphatic heterocycles. The number of para-hydroxylation sites is 2. The highest BCUT2D eigenvalue weighted by Crippen LogP contribution is 2.29. The first-order valence-corrected chi connectivity index (χ1v) is 6.50. The molecule has 5 heteroatoms. The van der Waals surface area contributed by atoms with Gasteiger partial charge in [0.25, 0.3) is 0 Å². The highest BCUT2D eigenvalue weighted by atomic mass is 35.5. The van der Waals surface area contributed by atoms with Gasteiger partial charge < -0.3 is 10.6 Å². The summed E-state index contributed by atoms with van der Waals surface area (Å²) in [5.41, 5.74) is 2.39. The Labute approximate surface area is 121 Å². The average Bonchev–Trinajstić information content (AvgIpc) is 2.49. The summed E-state index contributed by atoms with van der Waals surface area (Å²) >= 11 is 5.82. The predicted octanol–water partition coefficient (Wildman–Crippen LogP) is 4.28. The van der Waals surface area contributed by atoms with Gasteiger partial charge >= 0.3 is 6.03 Å². The SMILES string of the molecule is O=C(Nc1ccc(Cl)cc1)N1C=CNc2ccccc21. The van der Waals surface area contributed by atoms with Crippen molar-refractivity contribution in [1.82, 2.24) is 0 Å². The molecule has 20 heavy (non-hydrogen) atoms. The maximum Gasteiger partial charge on any atom is 0.330 e. The van der Waals surface area contributed by atoms with E-state index in [1.165, 1.54) is 0 Å². The number of hydrogen-bond donors (Lipinski definition) is 2. The molecule has 0 saturated carbocycles. The zero-order chi connectivity index (χ0) is 13.9.